The molecular weight excluding hydrogens is 198 g/mol. The molecular formula is C14H27NO. The van der Waals surface area contributed by atoms with Crippen molar-refractivity contribution < 1.29 is 5.11 Å². The lowest BCUT2D eigenvalue weighted by atomic mass is 9.67. The normalized spacial score (nSPS) is 27.0. The Hall–Kier alpha value is -0.0800. The third-order valence-corrected chi connectivity index (χ3v) is 4.65. The summed E-state index contributed by atoms with van der Waals surface area (Å²) in [6.07, 6.45) is 8.20. The maximum Gasteiger partial charge on any atom is 0.0446 e. The van der Waals surface area contributed by atoms with Crippen molar-refractivity contribution in [3.8, 4) is 0 Å². The largest absolute Gasteiger partial charge is 0.396 e. The van der Waals surface area contributed by atoms with Crippen molar-refractivity contribution in [2.45, 2.75) is 58.4 Å². The van der Waals surface area contributed by atoms with E-state index in [0.29, 0.717) is 24.0 Å². The van der Waals surface area contributed by atoms with Crippen LogP contribution in [-0.4, -0.2) is 35.7 Å². The lowest BCUT2D eigenvalue weighted by molar-refractivity contribution is -0.0704. The van der Waals surface area contributed by atoms with Crippen LogP contribution in [0.2, 0.25) is 0 Å². The van der Waals surface area contributed by atoms with Crippen LogP contribution in [0, 0.1) is 11.3 Å². The van der Waals surface area contributed by atoms with Crippen LogP contribution in [-0.2, 0) is 0 Å². The van der Waals surface area contributed by atoms with Crippen LogP contribution in [0.1, 0.15) is 52.4 Å². The van der Waals surface area contributed by atoms with Gasteiger partial charge in [-0.3, -0.25) is 4.90 Å². The Bertz CT molecular complexity index is 213. The summed E-state index contributed by atoms with van der Waals surface area (Å²) < 4.78 is 0. The Morgan fingerprint density at radius 3 is 2.25 bits per heavy atom. The van der Waals surface area contributed by atoms with E-state index in [0.717, 1.165) is 6.42 Å². The summed E-state index contributed by atoms with van der Waals surface area (Å²) in [4.78, 5) is 2.62. The molecule has 1 unspecified atom stereocenters. The molecule has 2 aliphatic rings. The first-order valence-corrected chi connectivity index (χ1v) is 7.02. The number of likely N-dealkylation sites (tertiary alicyclic amines) is 1. The minimum absolute atomic E-state index is 0.340. The van der Waals surface area contributed by atoms with Crippen molar-refractivity contribution >= 4 is 0 Å². The fourth-order valence-corrected chi connectivity index (χ4v) is 3.74. The van der Waals surface area contributed by atoms with Gasteiger partial charge in [-0.05, 0) is 30.6 Å². The van der Waals surface area contributed by atoms with Crippen molar-refractivity contribution in [3.63, 3.8) is 0 Å². The molecule has 2 rings (SSSR count). The van der Waals surface area contributed by atoms with E-state index in [2.05, 4.69) is 18.7 Å². The first kappa shape index (κ1) is 12.4. The highest BCUT2D eigenvalue weighted by Crippen LogP contribution is 2.45. The Kier molecular flexibility index (Phi) is 3.91. The van der Waals surface area contributed by atoms with Crippen molar-refractivity contribution in [2.75, 3.05) is 19.7 Å². The van der Waals surface area contributed by atoms with Gasteiger partial charge in [0.05, 0.1) is 0 Å². The summed E-state index contributed by atoms with van der Waals surface area (Å²) in [5.41, 5.74) is 0.681. The maximum absolute atomic E-state index is 9.13. The fourth-order valence-electron chi connectivity index (χ4n) is 3.74. The van der Waals surface area contributed by atoms with Gasteiger partial charge >= 0.3 is 0 Å². The first-order valence-electron chi connectivity index (χ1n) is 7.02. The Labute approximate surface area is 100 Å². The van der Waals surface area contributed by atoms with E-state index < -0.39 is 0 Å². The molecule has 0 radical (unpaired) electrons. The first-order chi connectivity index (χ1) is 7.67. The second kappa shape index (κ2) is 5.05. The molecule has 0 aromatic heterocycles. The zero-order valence-electron chi connectivity index (χ0n) is 10.9. The van der Waals surface area contributed by atoms with E-state index in [9.17, 15) is 0 Å². The van der Waals surface area contributed by atoms with E-state index in [1.807, 2.05) is 0 Å². The van der Waals surface area contributed by atoms with E-state index in [-0.39, 0.29) is 0 Å². The number of aliphatic hydroxyl groups excluding tert-OH is 1. The predicted molar refractivity (Wildman–Crippen MR) is 67.4 cm³/mol. The quantitative estimate of drug-likeness (QED) is 0.795. The van der Waals surface area contributed by atoms with Gasteiger partial charge in [-0.1, -0.05) is 33.1 Å². The van der Waals surface area contributed by atoms with Gasteiger partial charge in [-0.25, -0.2) is 0 Å². The molecule has 0 bridgehead atoms. The second-order valence-electron chi connectivity index (χ2n) is 6.29. The molecule has 0 aromatic carbocycles. The topological polar surface area (TPSA) is 23.5 Å². The number of hydrogen-bond acceptors (Lipinski definition) is 2. The van der Waals surface area contributed by atoms with Gasteiger partial charge in [0.2, 0.25) is 0 Å². The minimum Gasteiger partial charge on any atom is -0.396 e. The molecule has 2 nitrogen and oxygen atoms in total. The van der Waals surface area contributed by atoms with Crippen LogP contribution < -0.4 is 0 Å². The molecule has 1 atom stereocenters. The molecule has 0 aromatic rings. The Balaban J connectivity index is 1.85. The van der Waals surface area contributed by atoms with E-state index >= 15 is 0 Å². The summed E-state index contributed by atoms with van der Waals surface area (Å²) in [7, 11) is 0. The zero-order chi connectivity index (χ0) is 11.6. The molecule has 1 heterocycles. The SMILES string of the molecule is CC(C)C(CCO)N1CC2(CCCCC2)C1. The van der Waals surface area contributed by atoms with Crippen LogP contribution in [0.15, 0.2) is 0 Å². The summed E-state index contributed by atoms with van der Waals surface area (Å²) in [5, 5.41) is 9.13. The van der Waals surface area contributed by atoms with Crippen LogP contribution >= 0.6 is 0 Å². The average molecular weight is 225 g/mol. The van der Waals surface area contributed by atoms with Gasteiger partial charge in [0, 0.05) is 25.7 Å². The standard InChI is InChI=1S/C14H27NO/c1-12(2)13(6-9-16)15-10-14(11-15)7-4-3-5-8-14/h12-13,16H,3-11H2,1-2H3. The molecule has 1 saturated carbocycles. The number of hydrogen-bond donors (Lipinski definition) is 1. The molecule has 1 spiro atoms. The third-order valence-electron chi connectivity index (χ3n) is 4.65. The third kappa shape index (κ3) is 2.43. The number of rotatable bonds is 4. The summed E-state index contributed by atoms with van der Waals surface area (Å²) >= 11 is 0. The van der Waals surface area contributed by atoms with Gasteiger partial charge in [0.1, 0.15) is 0 Å². The van der Waals surface area contributed by atoms with Gasteiger partial charge < -0.3 is 5.11 Å². The molecule has 1 aliphatic heterocycles. The summed E-state index contributed by atoms with van der Waals surface area (Å²) in [6, 6.07) is 0.609. The molecule has 0 amide bonds. The zero-order valence-corrected chi connectivity index (χ0v) is 10.9. The Morgan fingerprint density at radius 2 is 1.75 bits per heavy atom. The van der Waals surface area contributed by atoms with E-state index in [1.54, 1.807) is 0 Å². The lowest BCUT2D eigenvalue weighted by Crippen LogP contribution is -2.61. The van der Waals surface area contributed by atoms with Gasteiger partial charge in [0.15, 0.2) is 0 Å². The monoisotopic (exact) mass is 225 g/mol. The van der Waals surface area contributed by atoms with Crippen LogP contribution in [0.3, 0.4) is 0 Å². The van der Waals surface area contributed by atoms with Crippen LogP contribution in [0.4, 0.5) is 0 Å². The molecule has 16 heavy (non-hydrogen) atoms. The smallest absolute Gasteiger partial charge is 0.0446 e. The maximum atomic E-state index is 9.13. The van der Waals surface area contributed by atoms with Crippen molar-refractivity contribution in [1.82, 2.24) is 4.90 Å². The van der Waals surface area contributed by atoms with Crippen molar-refractivity contribution in [2.24, 2.45) is 11.3 Å². The fraction of sp³-hybridized carbons (Fsp3) is 1.00. The highest BCUT2D eigenvalue weighted by atomic mass is 16.3. The number of aliphatic hydroxyl groups is 1. The van der Waals surface area contributed by atoms with Crippen LogP contribution in [0.25, 0.3) is 0 Å². The summed E-state index contributed by atoms with van der Waals surface area (Å²) in [6.45, 7) is 7.51. The predicted octanol–water partition coefficient (Wildman–Crippen LogP) is 2.66. The van der Waals surface area contributed by atoms with Crippen LogP contribution in [0.5, 0.6) is 0 Å². The lowest BCUT2D eigenvalue weighted by Gasteiger charge is -2.56. The van der Waals surface area contributed by atoms with Gasteiger partial charge in [0.25, 0.3) is 0 Å². The second-order valence-corrected chi connectivity index (χ2v) is 6.29. The van der Waals surface area contributed by atoms with Crippen molar-refractivity contribution in [1.29, 1.82) is 0 Å². The summed E-state index contributed by atoms with van der Waals surface area (Å²) in [5.74, 6) is 0.674. The molecule has 94 valence electrons. The molecule has 1 aliphatic carbocycles. The molecule has 2 heteroatoms. The van der Waals surface area contributed by atoms with E-state index in [1.165, 1.54) is 45.2 Å². The highest BCUT2D eigenvalue weighted by Gasteiger charge is 2.45. The van der Waals surface area contributed by atoms with E-state index in [4.69, 9.17) is 5.11 Å². The molecule has 1 N–H and O–H groups in total. The van der Waals surface area contributed by atoms with Gasteiger partial charge in [-0.2, -0.15) is 0 Å². The van der Waals surface area contributed by atoms with Crippen molar-refractivity contribution in [3.05, 3.63) is 0 Å². The molecule has 1 saturated heterocycles. The number of nitrogens with zero attached hydrogens (tertiary/aromatic N) is 1. The highest BCUT2D eigenvalue weighted by molar-refractivity contribution is 4.99. The average Bonchev–Trinajstić information content (AvgIpc) is 2.23. The Morgan fingerprint density at radius 1 is 1.12 bits per heavy atom. The van der Waals surface area contributed by atoms with Gasteiger partial charge in [-0.15, -0.1) is 0 Å². The molecule has 2 fully saturated rings. The minimum atomic E-state index is 0.340.